The number of para-hydroxylation sites is 1. The summed E-state index contributed by atoms with van der Waals surface area (Å²) in [6, 6.07) is 13.5. The summed E-state index contributed by atoms with van der Waals surface area (Å²) in [7, 11) is 0. The number of anilines is 2. The largest absolute Gasteiger partial charge is 0.452 e. The Hall–Kier alpha value is -2.75. The molecule has 2 N–H and O–H groups in total. The monoisotopic (exact) mass is 391 g/mol. The second kappa shape index (κ2) is 9.09. The quantitative estimate of drug-likeness (QED) is 0.598. The van der Waals surface area contributed by atoms with Gasteiger partial charge in [0.2, 0.25) is 0 Å². The van der Waals surface area contributed by atoms with Gasteiger partial charge in [0.15, 0.2) is 6.61 Å². The predicted molar refractivity (Wildman–Crippen MR) is 100 cm³/mol. The van der Waals surface area contributed by atoms with Gasteiger partial charge in [-0.1, -0.05) is 41.4 Å². The van der Waals surface area contributed by atoms with Crippen molar-refractivity contribution in [3.63, 3.8) is 0 Å². The SMILES string of the molecule is N#CCCN(C(=O)COC(=O)c1cc(Cl)cc(Cl)c1N)c1ccccc1. The molecular formula is C18H15Cl2N3O3. The number of carbonyl (C=O) groups is 2. The number of nitrogens with two attached hydrogens (primary N) is 1. The molecule has 0 fully saturated rings. The van der Waals surface area contributed by atoms with Gasteiger partial charge in [-0.25, -0.2) is 4.79 Å². The molecule has 2 aromatic carbocycles. The number of carbonyl (C=O) groups excluding carboxylic acids is 2. The zero-order chi connectivity index (χ0) is 19.1. The molecule has 26 heavy (non-hydrogen) atoms. The van der Waals surface area contributed by atoms with Gasteiger partial charge in [0, 0.05) is 17.3 Å². The van der Waals surface area contributed by atoms with Crippen LogP contribution in [0.15, 0.2) is 42.5 Å². The fourth-order valence-corrected chi connectivity index (χ4v) is 2.70. The van der Waals surface area contributed by atoms with Crippen molar-refractivity contribution in [2.45, 2.75) is 6.42 Å². The molecule has 0 bridgehead atoms. The molecule has 0 saturated heterocycles. The van der Waals surface area contributed by atoms with E-state index in [2.05, 4.69) is 0 Å². The summed E-state index contributed by atoms with van der Waals surface area (Å²) in [5.41, 5.74) is 6.37. The maximum Gasteiger partial charge on any atom is 0.340 e. The van der Waals surface area contributed by atoms with E-state index in [1.807, 2.05) is 12.1 Å². The average Bonchev–Trinajstić information content (AvgIpc) is 2.63. The molecule has 134 valence electrons. The van der Waals surface area contributed by atoms with Gasteiger partial charge in [-0.15, -0.1) is 0 Å². The number of amides is 1. The summed E-state index contributed by atoms with van der Waals surface area (Å²) in [6.07, 6.45) is 0.144. The standard InChI is InChI=1S/C18H15Cl2N3O3/c19-12-9-14(17(22)15(20)10-12)18(25)26-11-16(24)23(8-4-7-21)13-5-2-1-3-6-13/h1-3,5-6,9-10H,4,8,11,22H2. The highest BCUT2D eigenvalue weighted by molar-refractivity contribution is 6.37. The first kappa shape index (κ1) is 19.6. The molecule has 0 aromatic heterocycles. The predicted octanol–water partition coefficient (Wildman–Crippen LogP) is 3.68. The number of esters is 1. The number of nitrogens with zero attached hydrogens (tertiary/aromatic N) is 2. The van der Waals surface area contributed by atoms with Crippen LogP contribution in [0, 0.1) is 11.3 Å². The van der Waals surface area contributed by atoms with Crippen molar-refractivity contribution in [1.29, 1.82) is 5.26 Å². The minimum Gasteiger partial charge on any atom is -0.452 e. The zero-order valence-corrected chi connectivity index (χ0v) is 15.1. The molecule has 0 saturated carbocycles. The van der Waals surface area contributed by atoms with Crippen molar-refractivity contribution < 1.29 is 14.3 Å². The lowest BCUT2D eigenvalue weighted by Gasteiger charge is -2.21. The molecule has 2 rings (SSSR count). The van der Waals surface area contributed by atoms with Gasteiger partial charge < -0.3 is 15.4 Å². The lowest BCUT2D eigenvalue weighted by Crippen LogP contribution is -2.35. The summed E-state index contributed by atoms with van der Waals surface area (Å²) < 4.78 is 5.05. The zero-order valence-electron chi connectivity index (χ0n) is 13.6. The summed E-state index contributed by atoms with van der Waals surface area (Å²) in [4.78, 5) is 26.0. The topological polar surface area (TPSA) is 96.4 Å². The third-order valence-corrected chi connectivity index (χ3v) is 3.99. The molecule has 0 spiro atoms. The lowest BCUT2D eigenvalue weighted by molar-refractivity contribution is -0.121. The van der Waals surface area contributed by atoms with E-state index in [0.717, 1.165) is 0 Å². The Kier molecular flexibility index (Phi) is 6.84. The Labute approximate surface area is 160 Å². The molecule has 0 aliphatic rings. The van der Waals surface area contributed by atoms with E-state index in [1.54, 1.807) is 24.3 Å². The molecule has 1 amide bonds. The van der Waals surface area contributed by atoms with Crippen molar-refractivity contribution >= 4 is 46.5 Å². The Balaban J connectivity index is 2.10. The Morgan fingerprint density at radius 2 is 1.88 bits per heavy atom. The van der Waals surface area contributed by atoms with Gasteiger partial charge in [0.1, 0.15) is 0 Å². The van der Waals surface area contributed by atoms with Crippen LogP contribution in [0.1, 0.15) is 16.8 Å². The molecule has 0 atom stereocenters. The normalized spacial score (nSPS) is 10.0. The molecule has 6 nitrogen and oxygen atoms in total. The van der Waals surface area contributed by atoms with Crippen LogP contribution in [-0.2, 0) is 9.53 Å². The van der Waals surface area contributed by atoms with Gasteiger partial charge in [-0.05, 0) is 24.3 Å². The highest BCUT2D eigenvalue weighted by Gasteiger charge is 2.20. The van der Waals surface area contributed by atoms with Crippen LogP contribution < -0.4 is 10.6 Å². The summed E-state index contributed by atoms with van der Waals surface area (Å²) in [6.45, 7) is -0.329. The molecule has 0 aliphatic heterocycles. The van der Waals surface area contributed by atoms with E-state index in [1.165, 1.54) is 17.0 Å². The smallest absolute Gasteiger partial charge is 0.340 e. The summed E-state index contributed by atoms with van der Waals surface area (Å²) >= 11 is 11.8. The number of nitriles is 1. The number of hydrogen-bond donors (Lipinski definition) is 1. The van der Waals surface area contributed by atoms with Crippen LogP contribution in [0.2, 0.25) is 10.0 Å². The number of hydrogen-bond acceptors (Lipinski definition) is 5. The van der Waals surface area contributed by atoms with E-state index in [0.29, 0.717) is 5.69 Å². The molecule has 0 radical (unpaired) electrons. The fraction of sp³-hybridized carbons (Fsp3) is 0.167. The van der Waals surface area contributed by atoms with Crippen LogP contribution in [0.5, 0.6) is 0 Å². The second-order valence-corrected chi connectivity index (χ2v) is 6.06. The maximum atomic E-state index is 12.5. The van der Waals surface area contributed by atoms with Crippen molar-refractivity contribution in [3.05, 3.63) is 58.1 Å². The van der Waals surface area contributed by atoms with Crippen molar-refractivity contribution in [2.75, 3.05) is 23.8 Å². The van der Waals surface area contributed by atoms with Gasteiger partial charge in [0.05, 0.1) is 28.8 Å². The van der Waals surface area contributed by atoms with Gasteiger partial charge in [-0.2, -0.15) is 5.26 Å². The Bertz CT molecular complexity index is 851. The second-order valence-electron chi connectivity index (χ2n) is 5.21. The maximum absolute atomic E-state index is 12.5. The lowest BCUT2D eigenvalue weighted by atomic mass is 10.2. The first-order valence-electron chi connectivity index (χ1n) is 7.58. The molecule has 0 unspecified atom stereocenters. The van der Waals surface area contributed by atoms with Crippen LogP contribution >= 0.6 is 23.2 Å². The molecule has 8 heteroatoms. The molecule has 0 heterocycles. The number of rotatable bonds is 6. The summed E-state index contributed by atoms with van der Waals surface area (Å²) in [5, 5.41) is 9.13. The third kappa shape index (κ3) is 4.88. The highest BCUT2D eigenvalue weighted by atomic mass is 35.5. The summed E-state index contributed by atoms with van der Waals surface area (Å²) in [5.74, 6) is -1.28. The Morgan fingerprint density at radius 1 is 1.19 bits per heavy atom. The van der Waals surface area contributed by atoms with Crippen LogP contribution in [-0.4, -0.2) is 25.0 Å². The van der Waals surface area contributed by atoms with E-state index in [-0.39, 0.29) is 34.3 Å². The van der Waals surface area contributed by atoms with Gasteiger partial charge >= 0.3 is 5.97 Å². The minimum absolute atomic E-state index is 0.0152. The van der Waals surface area contributed by atoms with Crippen LogP contribution in [0.3, 0.4) is 0 Å². The van der Waals surface area contributed by atoms with E-state index in [9.17, 15) is 9.59 Å². The van der Waals surface area contributed by atoms with Crippen molar-refractivity contribution in [1.82, 2.24) is 0 Å². The number of ether oxygens (including phenoxy) is 1. The van der Waals surface area contributed by atoms with Gasteiger partial charge in [0.25, 0.3) is 5.91 Å². The van der Waals surface area contributed by atoms with E-state index >= 15 is 0 Å². The fourth-order valence-electron chi connectivity index (χ4n) is 2.20. The van der Waals surface area contributed by atoms with Crippen LogP contribution in [0.25, 0.3) is 0 Å². The van der Waals surface area contributed by atoms with E-state index in [4.69, 9.17) is 38.9 Å². The Morgan fingerprint density at radius 3 is 2.54 bits per heavy atom. The van der Waals surface area contributed by atoms with Gasteiger partial charge in [-0.3, -0.25) is 4.79 Å². The van der Waals surface area contributed by atoms with E-state index < -0.39 is 18.5 Å². The molecular weight excluding hydrogens is 377 g/mol. The first-order chi connectivity index (χ1) is 12.4. The highest BCUT2D eigenvalue weighted by Crippen LogP contribution is 2.28. The van der Waals surface area contributed by atoms with Crippen molar-refractivity contribution in [3.8, 4) is 6.07 Å². The van der Waals surface area contributed by atoms with Crippen molar-refractivity contribution in [2.24, 2.45) is 0 Å². The van der Waals surface area contributed by atoms with Crippen LogP contribution in [0.4, 0.5) is 11.4 Å². The number of halogens is 2. The molecule has 0 aliphatic carbocycles. The third-order valence-electron chi connectivity index (χ3n) is 3.46. The first-order valence-corrected chi connectivity index (χ1v) is 8.33. The molecule has 2 aromatic rings. The minimum atomic E-state index is -0.812. The number of benzene rings is 2. The number of nitrogen functional groups attached to an aromatic ring is 1. The average molecular weight is 392 g/mol.